The summed E-state index contributed by atoms with van der Waals surface area (Å²) < 4.78 is 0. The van der Waals surface area contributed by atoms with Gasteiger partial charge < -0.3 is 19.6 Å². The van der Waals surface area contributed by atoms with Crippen LogP contribution < -0.4 is 36.0 Å². The topological polar surface area (TPSA) is 13.0 Å². The molecule has 458 valence electrons. The summed E-state index contributed by atoms with van der Waals surface area (Å²) in [5.74, 6) is 0. The highest BCUT2D eigenvalue weighted by Crippen LogP contribution is 2.63. The molecule has 7 aromatic carbocycles. The lowest BCUT2D eigenvalue weighted by atomic mass is 9.33. The van der Waals surface area contributed by atoms with Gasteiger partial charge in [-0.1, -0.05) is 222 Å². The molecule has 3 atom stereocenters. The molecule has 0 saturated heterocycles. The zero-order chi connectivity index (χ0) is 63.7. The number of nitrogens with zero attached hydrogens (tertiary/aromatic N) is 4. The molecule has 3 unspecified atom stereocenters. The lowest BCUT2D eigenvalue weighted by molar-refractivity contribution is 0.195. The fraction of sp³-hybridized carbons (Fsp3) is 0.429. The van der Waals surface area contributed by atoms with Gasteiger partial charge in [0.1, 0.15) is 0 Å². The number of benzene rings is 7. The van der Waals surface area contributed by atoms with E-state index in [1.54, 1.807) is 0 Å². The minimum Gasteiger partial charge on any atom is -0.335 e. The van der Waals surface area contributed by atoms with Crippen molar-refractivity contribution in [2.75, 3.05) is 19.6 Å². The van der Waals surface area contributed by atoms with Gasteiger partial charge in [0.2, 0.25) is 0 Å². The molecule has 0 aromatic heterocycles. The van der Waals surface area contributed by atoms with Gasteiger partial charge in [-0.25, -0.2) is 0 Å². The number of rotatable bonds is 7. The minimum atomic E-state index is -0.331. The third-order valence-corrected chi connectivity index (χ3v) is 22.8. The molecule has 6 aliphatic rings. The minimum absolute atomic E-state index is 0.00735. The molecular formula is C84H99BN4. The van der Waals surface area contributed by atoms with Crippen LogP contribution in [0.4, 0.5) is 56.9 Å². The van der Waals surface area contributed by atoms with Crippen molar-refractivity contribution < 1.29 is 0 Å². The van der Waals surface area contributed by atoms with Crippen molar-refractivity contribution in [3.05, 3.63) is 202 Å². The maximum absolute atomic E-state index is 3.67. The number of anilines is 10. The molecule has 4 heterocycles. The van der Waals surface area contributed by atoms with Crippen molar-refractivity contribution in [1.82, 2.24) is 0 Å². The molecule has 4 nitrogen and oxygen atoms in total. The molecule has 0 radical (unpaired) electrons. The Morgan fingerprint density at radius 3 is 1.58 bits per heavy atom. The quantitative estimate of drug-likeness (QED) is 0.116. The summed E-state index contributed by atoms with van der Waals surface area (Å²) in [5.41, 5.74) is 34.3. The Morgan fingerprint density at radius 2 is 0.978 bits per heavy atom. The molecule has 7 aromatic rings. The number of allylic oxidation sites excluding steroid dienone is 4. The first-order chi connectivity index (χ1) is 41.6. The molecule has 0 bridgehead atoms. The van der Waals surface area contributed by atoms with Gasteiger partial charge >= 0.3 is 0 Å². The van der Waals surface area contributed by atoms with Crippen molar-refractivity contribution in [3.63, 3.8) is 0 Å². The molecule has 89 heavy (non-hydrogen) atoms. The van der Waals surface area contributed by atoms with Crippen LogP contribution in [0.25, 0.3) is 5.57 Å². The lowest BCUT2D eigenvalue weighted by Crippen LogP contribution is -2.61. The van der Waals surface area contributed by atoms with Crippen LogP contribution in [0, 0.1) is 0 Å². The maximum Gasteiger partial charge on any atom is 0.252 e. The van der Waals surface area contributed by atoms with Crippen molar-refractivity contribution in [2.24, 2.45) is 0 Å². The second-order valence-corrected chi connectivity index (χ2v) is 33.8. The molecule has 0 N–H and O–H groups in total. The molecule has 0 spiro atoms. The molecular weight excluding hydrogens is 1080 g/mol. The van der Waals surface area contributed by atoms with Crippen LogP contribution >= 0.6 is 0 Å². The van der Waals surface area contributed by atoms with Gasteiger partial charge in [0.15, 0.2) is 0 Å². The zero-order valence-corrected chi connectivity index (χ0v) is 58.0. The van der Waals surface area contributed by atoms with Crippen LogP contribution in [0.3, 0.4) is 0 Å². The van der Waals surface area contributed by atoms with Crippen molar-refractivity contribution in [1.29, 1.82) is 0 Å². The second kappa shape index (κ2) is 20.2. The third kappa shape index (κ3) is 9.27. The highest BCUT2D eigenvalue weighted by molar-refractivity contribution is 7.00. The van der Waals surface area contributed by atoms with Gasteiger partial charge in [0.05, 0.1) is 11.2 Å². The van der Waals surface area contributed by atoms with Crippen LogP contribution in [0.15, 0.2) is 157 Å². The molecule has 1 fully saturated rings. The monoisotopic (exact) mass is 1170 g/mol. The summed E-state index contributed by atoms with van der Waals surface area (Å²) in [5, 5.41) is 0. The molecule has 5 heteroatoms. The van der Waals surface area contributed by atoms with E-state index in [1.807, 2.05) is 6.08 Å². The fourth-order valence-corrected chi connectivity index (χ4v) is 16.8. The summed E-state index contributed by atoms with van der Waals surface area (Å²) in [7, 11) is 0. The Kier molecular flexibility index (Phi) is 13.8. The van der Waals surface area contributed by atoms with Gasteiger partial charge in [-0.3, -0.25) is 0 Å². The van der Waals surface area contributed by atoms with E-state index in [-0.39, 0.29) is 55.7 Å². The van der Waals surface area contributed by atoms with E-state index in [0.717, 1.165) is 36.1 Å². The van der Waals surface area contributed by atoms with E-state index in [4.69, 9.17) is 0 Å². The van der Waals surface area contributed by atoms with Gasteiger partial charge in [-0.05, 0) is 201 Å². The second-order valence-electron chi connectivity index (χ2n) is 33.8. The Balaban J connectivity index is 1.19. The molecule has 1 saturated carbocycles. The highest BCUT2D eigenvalue weighted by Gasteiger charge is 2.59. The van der Waals surface area contributed by atoms with Crippen LogP contribution in [0.5, 0.6) is 0 Å². The van der Waals surface area contributed by atoms with Crippen molar-refractivity contribution in [3.8, 4) is 0 Å². The first kappa shape index (κ1) is 60.7. The van der Waals surface area contributed by atoms with Crippen LogP contribution in [-0.2, 0) is 37.9 Å². The van der Waals surface area contributed by atoms with E-state index in [1.165, 1.54) is 126 Å². The Labute approximate surface area is 536 Å². The van der Waals surface area contributed by atoms with Crippen LogP contribution in [0.2, 0.25) is 0 Å². The van der Waals surface area contributed by atoms with Crippen LogP contribution in [0.1, 0.15) is 228 Å². The van der Waals surface area contributed by atoms with Gasteiger partial charge in [0, 0.05) is 78.7 Å². The predicted molar refractivity (Wildman–Crippen MR) is 386 cm³/mol. The average molecular weight is 1180 g/mol. The van der Waals surface area contributed by atoms with Gasteiger partial charge in [0.25, 0.3) is 6.71 Å². The summed E-state index contributed by atoms with van der Waals surface area (Å²) in [4.78, 5) is 11.0. The summed E-state index contributed by atoms with van der Waals surface area (Å²) >= 11 is 0. The van der Waals surface area contributed by atoms with Crippen LogP contribution in [-0.4, -0.2) is 17.8 Å². The van der Waals surface area contributed by atoms with E-state index in [9.17, 15) is 0 Å². The first-order valence-electron chi connectivity index (χ1n) is 33.7. The summed E-state index contributed by atoms with van der Waals surface area (Å²) in [6.45, 7) is 50.5. The van der Waals surface area contributed by atoms with Gasteiger partial charge in [-0.2, -0.15) is 0 Å². The van der Waals surface area contributed by atoms with E-state index < -0.39 is 0 Å². The smallest absolute Gasteiger partial charge is 0.252 e. The number of hydrogen-bond donors (Lipinski definition) is 0. The SMILES string of the molecule is CCCC1(C)c2cc(C(C)(C)C)ccc2N(c2cc3c4c(c2)N(c2ccc(C(C)(C)C)cc2C2=C=C=CC=C2)c2cc(N5c6ccc(C(C)(C)C)cc6C6(C)CCCCC56C)ccc2B4c2ccc(C(C)(C)C)cc2N3c2cccc(C(C)(C)C)c2)C1(C)C. The number of fused-ring (bicyclic) bond motifs is 8. The van der Waals surface area contributed by atoms with E-state index in [0.29, 0.717) is 0 Å². The third-order valence-electron chi connectivity index (χ3n) is 22.8. The predicted octanol–water partition coefficient (Wildman–Crippen LogP) is 21.3. The number of hydrogen-bond acceptors (Lipinski definition) is 4. The first-order valence-corrected chi connectivity index (χ1v) is 33.7. The zero-order valence-electron chi connectivity index (χ0n) is 58.0. The van der Waals surface area contributed by atoms with E-state index >= 15 is 0 Å². The Hall–Kier alpha value is -7.16. The average Bonchev–Trinajstić information content (AvgIpc) is 1.68. The Morgan fingerprint density at radius 1 is 0.461 bits per heavy atom. The molecule has 0 amide bonds. The van der Waals surface area contributed by atoms with E-state index in [2.05, 4.69) is 316 Å². The van der Waals surface area contributed by atoms with Gasteiger partial charge in [-0.15, -0.1) is 0 Å². The van der Waals surface area contributed by atoms with Crippen molar-refractivity contribution >= 4 is 85.5 Å². The summed E-state index contributed by atoms with van der Waals surface area (Å²) in [6, 6.07) is 52.2. The molecule has 4 aliphatic heterocycles. The lowest BCUT2D eigenvalue weighted by Gasteiger charge is -2.51. The fourth-order valence-electron chi connectivity index (χ4n) is 16.8. The molecule has 2 aliphatic carbocycles. The normalized spacial score (nSPS) is 21.6. The molecule has 13 rings (SSSR count). The largest absolute Gasteiger partial charge is 0.335 e. The maximum atomic E-state index is 3.67. The standard InChI is InChI=1S/C84H99BN4/c1-22-43-82(19)64-48-57(78(8,9)10)35-41-69(64)88(81(82,17)18)62-52-73-75-74(53-62)87(68-40-34-56(77(5,6)7)47-63(68)54-29-24-23-25-30-54)72-51-61(89-70-42-36-58(79(11,12)13)49-65(70)83(20)44-26-27-45-84(83,89)21)37-39-67(72)85(75)66-38-33-59(80(14,15)16)50-71(66)86(73)60-32-28-31-55(46-60)76(2,3)4/h23-24,28-29,31-42,46-53H,22,26-27,43-45H2,1-21H3. The van der Waals surface area contributed by atoms with Crippen molar-refractivity contribution in [2.45, 2.75) is 233 Å². The summed E-state index contributed by atoms with van der Waals surface area (Å²) in [6.07, 6.45) is 13.3. The Bertz CT molecular complexity index is 4210. The highest BCUT2D eigenvalue weighted by atomic mass is 15.3.